The van der Waals surface area contributed by atoms with Crippen LogP contribution in [0, 0.1) is 13.0 Å². The van der Waals surface area contributed by atoms with Gasteiger partial charge in [0.2, 0.25) is 0 Å². The van der Waals surface area contributed by atoms with E-state index in [1.165, 1.54) is 70.0 Å². The van der Waals surface area contributed by atoms with E-state index in [0.717, 1.165) is 5.92 Å². The average molecular weight is 347 g/mol. The molecule has 2 rings (SSSR count). The first-order valence-corrected chi connectivity index (χ1v) is 7.94. The molecule has 1 aliphatic heterocycles. The quantitative estimate of drug-likeness (QED) is 0.511. The minimum Gasteiger partial charge on any atom is -0.459 e. The Hall–Kier alpha value is 0.284. The molecule has 1 nitrogen and oxygen atoms in total. The normalized spacial score (nSPS) is 16.9. The number of aryl methyl sites for hydroxylation is 1. The molecule has 109 valence electrons. The van der Waals surface area contributed by atoms with E-state index in [2.05, 4.69) is 42.3 Å². The Bertz CT molecular complexity index is 331. The fraction of sp³-hybridized carbons (Fsp3) is 0.611. The Morgan fingerprint density at radius 1 is 0.950 bits per heavy atom. The van der Waals surface area contributed by atoms with Crippen molar-refractivity contribution in [2.24, 2.45) is 5.92 Å². The first-order valence-electron chi connectivity index (χ1n) is 7.94. The van der Waals surface area contributed by atoms with Gasteiger partial charge in [-0.3, -0.25) is 7.05 Å². The summed E-state index contributed by atoms with van der Waals surface area (Å²) in [5, 5.41) is 0. The van der Waals surface area contributed by atoms with Gasteiger partial charge in [0, 0.05) is 32.7 Å². The molecule has 0 aliphatic carbocycles. The van der Waals surface area contributed by atoms with E-state index in [9.17, 15) is 0 Å². The monoisotopic (exact) mass is 347 g/mol. The third-order valence-electron chi connectivity index (χ3n) is 4.38. The van der Waals surface area contributed by atoms with Gasteiger partial charge >= 0.3 is 0 Å². The molecule has 1 fully saturated rings. The largest absolute Gasteiger partial charge is 0.459 e. The number of hydrogen-bond acceptors (Lipinski definition) is 1. The van der Waals surface area contributed by atoms with E-state index in [4.69, 9.17) is 0 Å². The van der Waals surface area contributed by atoms with Gasteiger partial charge in [-0.25, -0.2) is 0 Å². The van der Waals surface area contributed by atoms with E-state index in [1.807, 2.05) is 0 Å². The van der Waals surface area contributed by atoms with Crippen LogP contribution in [0.25, 0.3) is 0 Å². The molecule has 1 aromatic carbocycles. The summed E-state index contributed by atoms with van der Waals surface area (Å²) in [6, 6.07) is 10.9. The molecule has 1 saturated heterocycles. The van der Waals surface area contributed by atoms with E-state index >= 15 is 0 Å². The molecule has 20 heavy (non-hydrogen) atoms. The summed E-state index contributed by atoms with van der Waals surface area (Å²) in [5.74, 6) is 0.979. The molecule has 1 aromatic rings. The summed E-state index contributed by atoms with van der Waals surface area (Å²) < 4.78 is 0. The first-order chi connectivity index (χ1) is 9.34. The zero-order chi connectivity index (χ0) is 13.3. The maximum atomic E-state index is 4.01. The zero-order valence-corrected chi connectivity index (χ0v) is 15.6. The van der Waals surface area contributed by atoms with Gasteiger partial charge in [-0.05, 0) is 50.3 Å². The van der Waals surface area contributed by atoms with E-state index in [1.54, 1.807) is 0 Å². The van der Waals surface area contributed by atoms with Crippen molar-refractivity contribution in [1.82, 2.24) is 4.90 Å². The van der Waals surface area contributed by atoms with Gasteiger partial charge in [0.1, 0.15) is 0 Å². The molecule has 1 radical (unpaired) electrons. The van der Waals surface area contributed by atoms with Crippen LogP contribution >= 0.6 is 0 Å². The van der Waals surface area contributed by atoms with Crippen molar-refractivity contribution >= 4 is 0 Å². The second-order valence-corrected chi connectivity index (χ2v) is 6.00. The molecule has 0 saturated carbocycles. The fourth-order valence-corrected chi connectivity index (χ4v) is 3.04. The number of likely N-dealkylation sites (tertiary alicyclic amines) is 1. The number of rotatable bonds is 7. The summed E-state index contributed by atoms with van der Waals surface area (Å²) in [6.07, 6.45) is 11.0. The van der Waals surface area contributed by atoms with Gasteiger partial charge in [-0.15, -0.1) is 0 Å². The zero-order valence-electron chi connectivity index (χ0n) is 12.8. The molecule has 2 heteroatoms. The average Bonchev–Trinajstić information content (AvgIpc) is 2.46. The molecule has 0 amide bonds. The van der Waals surface area contributed by atoms with Crippen LogP contribution in [0.3, 0.4) is 0 Å². The predicted octanol–water partition coefficient (Wildman–Crippen LogP) is 4.68. The van der Waals surface area contributed by atoms with Crippen molar-refractivity contribution in [3.63, 3.8) is 0 Å². The molecule has 0 unspecified atom stereocenters. The van der Waals surface area contributed by atoms with Crippen LogP contribution in [-0.2, 0) is 39.1 Å². The minimum atomic E-state index is 0. The maximum absolute atomic E-state index is 4.01. The minimum absolute atomic E-state index is 0. The van der Waals surface area contributed by atoms with Crippen LogP contribution in [-0.4, -0.2) is 18.0 Å². The molecule has 1 aliphatic rings. The Morgan fingerprint density at radius 2 is 1.60 bits per heavy atom. The van der Waals surface area contributed by atoms with Crippen LogP contribution in [0.2, 0.25) is 0 Å². The fourth-order valence-electron chi connectivity index (χ4n) is 3.04. The summed E-state index contributed by atoms with van der Waals surface area (Å²) in [6.45, 7) is 2.41. The molecule has 0 bridgehead atoms. The molecule has 0 aromatic heterocycles. The van der Waals surface area contributed by atoms with Gasteiger partial charge in [-0.2, -0.15) is 0 Å². The van der Waals surface area contributed by atoms with Crippen LogP contribution in [0.4, 0.5) is 0 Å². The van der Waals surface area contributed by atoms with Crippen LogP contribution in [0.5, 0.6) is 0 Å². The van der Waals surface area contributed by atoms with Crippen LogP contribution < -0.4 is 0 Å². The van der Waals surface area contributed by atoms with Crippen molar-refractivity contribution in [1.29, 1.82) is 0 Å². The summed E-state index contributed by atoms with van der Waals surface area (Å²) in [5.41, 5.74) is 1.49. The Balaban J connectivity index is 0.00000200. The van der Waals surface area contributed by atoms with Gasteiger partial charge < -0.3 is 4.90 Å². The molecule has 0 spiro atoms. The second-order valence-electron chi connectivity index (χ2n) is 6.00. The molecular weight excluding hydrogens is 319 g/mol. The summed E-state index contributed by atoms with van der Waals surface area (Å²) in [4.78, 5) is 2.22. The third-order valence-corrected chi connectivity index (χ3v) is 4.38. The van der Waals surface area contributed by atoms with Crippen molar-refractivity contribution in [3.05, 3.63) is 42.9 Å². The standard InChI is InChI=1S/C18H28N.Y/c1-19-15-13-18(14-16-19)12-6-3-2-5-9-17-10-7-4-8-11-17;/h4,7-8,10-11,18H,1-3,5-6,9,12-16H2;/q-1;. The van der Waals surface area contributed by atoms with Crippen LogP contribution in [0.1, 0.15) is 50.5 Å². The first kappa shape index (κ1) is 18.3. The van der Waals surface area contributed by atoms with Crippen molar-refractivity contribution in [2.45, 2.75) is 51.4 Å². The van der Waals surface area contributed by atoms with E-state index in [0.29, 0.717) is 0 Å². The van der Waals surface area contributed by atoms with Gasteiger partial charge in [0.25, 0.3) is 0 Å². The molecule has 0 atom stereocenters. The van der Waals surface area contributed by atoms with E-state index in [-0.39, 0.29) is 32.7 Å². The van der Waals surface area contributed by atoms with Gasteiger partial charge in [-0.1, -0.05) is 56.0 Å². The smallest absolute Gasteiger partial charge is 0 e. The molecule has 0 N–H and O–H groups in total. The SMILES string of the molecule is [CH2-]N1CCC(CCCCCCc2ccccc2)CC1.[Y]. The predicted molar refractivity (Wildman–Crippen MR) is 82.9 cm³/mol. The molecular formula is C18H28NY-. The number of hydrogen-bond donors (Lipinski definition) is 0. The number of benzene rings is 1. The van der Waals surface area contributed by atoms with Crippen molar-refractivity contribution in [2.75, 3.05) is 13.1 Å². The number of piperidine rings is 1. The maximum Gasteiger partial charge on any atom is 0 e. The Labute approximate surface area is 150 Å². The second kappa shape index (κ2) is 10.9. The van der Waals surface area contributed by atoms with Gasteiger partial charge in [0.05, 0.1) is 0 Å². The van der Waals surface area contributed by atoms with E-state index < -0.39 is 0 Å². The topological polar surface area (TPSA) is 3.24 Å². The number of nitrogens with zero attached hydrogens (tertiary/aromatic N) is 1. The van der Waals surface area contributed by atoms with Gasteiger partial charge in [0.15, 0.2) is 0 Å². The van der Waals surface area contributed by atoms with Crippen molar-refractivity contribution < 1.29 is 32.7 Å². The van der Waals surface area contributed by atoms with Crippen LogP contribution in [0.15, 0.2) is 30.3 Å². The van der Waals surface area contributed by atoms with Crippen molar-refractivity contribution in [3.8, 4) is 0 Å². The third kappa shape index (κ3) is 7.34. The Morgan fingerprint density at radius 3 is 2.30 bits per heavy atom. The Kier molecular flexibility index (Phi) is 10.0. The summed E-state index contributed by atoms with van der Waals surface area (Å²) >= 11 is 0. The molecule has 1 heterocycles. The number of unbranched alkanes of at least 4 members (excludes halogenated alkanes) is 3. The summed E-state index contributed by atoms with van der Waals surface area (Å²) in [7, 11) is 4.01.